The molecule has 120 valence electrons. The summed E-state index contributed by atoms with van der Waals surface area (Å²) in [5, 5.41) is 4.60. The number of benzene rings is 2. The van der Waals surface area contributed by atoms with Crippen molar-refractivity contribution in [3.8, 4) is 5.75 Å². The van der Waals surface area contributed by atoms with Crippen LogP contribution in [0.2, 0.25) is 5.02 Å². The lowest BCUT2D eigenvalue weighted by atomic mass is 10.1. The van der Waals surface area contributed by atoms with Gasteiger partial charge in [-0.3, -0.25) is 0 Å². The molecule has 0 aliphatic heterocycles. The van der Waals surface area contributed by atoms with Crippen LogP contribution in [-0.4, -0.2) is 11.8 Å². The first-order chi connectivity index (χ1) is 11.0. The second-order valence-electron chi connectivity index (χ2n) is 5.00. The van der Waals surface area contributed by atoms with E-state index >= 15 is 0 Å². The van der Waals surface area contributed by atoms with Crippen molar-refractivity contribution >= 4 is 23.4 Å². The average molecular weight is 333 g/mol. The van der Waals surface area contributed by atoms with Crippen molar-refractivity contribution in [1.82, 2.24) is 0 Å². The molecule has 2 N–H and O–H groups in total. The van der Waals surface area contributed by atoms with Gasteiger partial charge in [-0.2, -0.15) is 0 Å². The molecule has 2 aromatic carbocycles. The minimum Gasteiger partial charge on any atom is -0.445 e. The molecule has 0 radical (unpaired) electrons. The molecule has 1 amide bonds. The van der Waals surface area contributed by atoms with E-state index in [1.807, 2.05) is 44.2 Å². The van der Waals surface area contributed by atoms with Crippen LogP contribution in [0.3, 0.4) is 0 Å². The van der Waals surface area contributed by atoms with Crippen LogP contribution in [0.4, 0.5) is 4.79 Å². The van der Waals surface area contributed by atoms with Crippen LogP contribution in [0.1, 0.15) is 23.6 Å². The molecule has 0 aromatic heterocycles. The normalized spacial score (nSPS) is 11.2. The number of rotatable bonds is 5. The summed E-state index contributed by atoms with van der Waals surface area (Å²) in [5.41, 5.74) is 8.18. The Balaban J connectivity index is 2.15. The molecule has 0 unspecified atom stereocenters. The number of nitrogens with two attached hydrogens (primary N) is 1. The summed E-state index contributed by atoms with van der Waals surface area (Å²) in [7, 11) is 0. The summed E-state index contributed by atoms with van der Waals surface area (Å²) in [6, 6.07) is 12.9. The number of nitrogens with zero attached hydrogens (tertiary/aromatic N) is 1. The van der Waals surface area contributed by atoms with E-state index in [9.17, 15) is 4.79 Å². The van der Waals surface area contributed by atoms with Crippen LogP contribution >= 0.6 is 11.6 Å². The predicted octanol–water partition coefficient (Wildman–Crippen LogP) is 4.05. The van der Waals surface area contributed by atoms with E-state index in [0.29, 0.717) is 22.0 Å². The number of ether oxygens (including phenoxy) is 1. The van der Waals surface area contributed by atoms with Crippen molar-refractivity contribution in [2.45, 2.75) is 20.5 Å². The lowest BCUT2D eigenvalue weighted by Gasteiger charge is -2.08. The maximum absolute atomic E-state index is 10.7. The van der Waals surface area contributed by atoms with Gasteiger partial charge in [0.25, 0.3) is 0 Å². The van der Waals surface area contributed by atoms with E-state index in [1.165, 1.54) is 0 Å². The molecule has 2 aromatic rings. The van der Waals surface area contributed by atoms with Crippen LogP contribution in [0.25, 0.3) is 0 Å². The summed E-state index contributed by atoms with van der Waals surface area (Å²) < 4.78 is 4.77. The number of primary amides is 1. The Morgan fingerprint density at radius 3 is 2.74 bits per heavy atom. The summed E-state index contributed by atoms with van der Waals surface area (Å²) in [6.45, 7) is 3.80. The Hall–Kier alpha value is -2.53. The molecule has 23 heavy (non-hydrogen) atoms. The van der Waals surface area contributed by atoms with Gasteiger partial charge in [0, 0.05) is 10.6 Å². The van der Waals surface area contributed by atoms with Gasteiger partial charge in [0.15, 0.2) is 5.75 Å². The lowest BCUT2D eigenvalue weighted by molar-refractivity contribution is 0.150. The molecule has 0 saturated carbocycles. The molecule has 0 fully saturated rings. The third-order valence-electron chi connectivity index (χ3n) is 3.11. The Morgan fingerprint density at radius 1 is 1.26 bits per heavy atom. The van der Waals surface area contributed by atoms with Crippen LogP contribution in [0.15, 0.2) is 47.6 Å². The van der Waals surface area contributed by atoms with Gasteiger partial charge in [-0.05, 0) is 49.2 Å². The molecule has 2 rings (SSSR count). The van der Waals surface area contributed by atoms with Gasteiger partial charge in [-0.25, -0.2) is 4.79 Å². The summed E-state index contributed by atoms with van der Waals surface area (Å²) >= 11 is 6.07. The van der Waals surface area contributed by atoms with E-state index in [2.05, 4.69) is 5.16 Å². The standard InChI is InChI=1S/C17H17ClN2O3/c1-11-4-3-5-15(8-11)23-20-12(2)13-6-7-16(18)14(9-13)10-22-17(19)21/h3-9H,10H2,1-2H3,(H2,19,21). The van der Waals surface area contributed by atoms with Crippen LogP contribution < -0.4 is 10.6 Å². The van der Waals surface area contributed by atoms with Crippen LogP contribution in [0, 0.1) is 6.92 Å². The number of carbonyl (C=O) groups excluding carboxylic acids is 1. The predicted molar refractivity (Wildman–Crippen MR) is 89.8 cm³/mol. The molecule has 0 heterocycles. The first kappa shape index (κ1) is 16.8. The Kier molecular flexibility index (Phi) is 5.60. The van der Waals surface area contributed by atoms with Gasteiger partial charge < -0.3 is 15.3 Å². The third-order valence-corrected chi connectivity index (χ3v) is 3.48. The molecule has 6 heteroatoms. The molecular formula is C17H17ClN2O3. The van der Waals surface area contributed by atoms with Gasteiger partial charge in [0.05, 0.1) is 5.71 Å². The number of amides is 1. The SMILES string of the molecule is CC(=NOc1cccc(C)c1)c1ccc(Cl)c(COC(N)=O)c1. The van der Waals surface area contributed by atoms with E-state index in [0.717, 1.165) is 11.1 Å². The maximum atomic E-state index is 10.7. The van der Waals surface area contributed by atoms with E-state index in [4.69, 9.17) is 26.9 Å². The summed E-state index contributed by atoms with van der Waals surface area (Å²) in [5.74, 6) is 0.663. The van der Waals surface area contributed by atoms with Crippen molar-refractivity contribution in [2.75, 3.05) is 0 Å². The third kappa shape index (κ3) is 5.00. The molecule has 0 aliphatic rings. The second kappa shape index (κ2) is 7.65. The minimum atomic E-state index is -0.848. The quantitative estimate of drug-likeness (QED) is 0.663. The zero-order valence-corrected chi connectivity index (χ0v) is 13.6. The van der Waals surface area contributed by atoms with Crippen LogP contribution in [0.5, 0.6) is 5.75 Å². The molecule has 0 spiro atoms. The largest absolute Gasteiger partial charge is 0.445 e. The smallest absolute Gasteiger partial charge is 0.404 e. The number of hydrogen-bond donors (Lipinski definition) is 1. The monoisotopic (exact) mass is 332 g/mol. The van der Waals surface area contributed by atoms with Gasteiger partial charge >= 0.3 is 6.09 Å². The van der Waals surface area contributed by atoms with Crippen molar-refractivity contribution in [3.05, 3.63) is 64.2 Å². The fourth-order valence-electron chi connectivity index (χ4n) is 1.91. The molecular weight excluding hydrogens is 316 g/mol. The molecule has 0 atom stereocenters. The average Bonchev–Trinajstić information content (AvgIpc) is 2.51. The van der Waals surface area contributed by atoms with Gasteiger partial charge in [0.2, 0.25) is 0 Å². The van der Waals surface area contributed by atoms with E-state index in [1.54, 1.807) is 12.1 Å². The van der Waals surface area contributed by atoms with E-state index in [-0.39, 0.29) is 6.61 Å². The zero-order valence-electron chi connectivity index (χ0n) is 12.9. The van der Waals surface area contributed by atoms with Crippen LogP contribution in [-0.2, 0) is 11.3 Å². The topological polar surface area (TPSA) is 73.9 Å². The van der Waals surface area contributed by atoms with Gasteiger partial charge in [-0.15, -0.1) is 0 Å². The van der Waals surface area contributed by atoms with Gasteiger partial charge in [0.1, 0.15) is 6.61 Å². The number of carbonyl (C=O) groups is 1. The highest BCUT2D eigenvalue weighted by Gasteiger charge is 2.07. The Morgan fingerprint density at radius 2 is 2.04 bits per heavy atom. The minimum absolute atomic E-state index is 0.00796. The zero-order chi connectivity index (χ0) is 16.8. The summed E-state index contributed by atoms with van der Waals surface area (Å²) in [6.07, 6.45) is -0.848. The maximum Gasteiger partial charge on any atom is 0.404 e. The Labute approximate surface area is 139 Å². The van der Waals surface area contributed by atoms with Crippen molar-refractivity contribution in [1.29, 1.82) is 0 Å². The number of aryl methyl sites for hydroxylation is 1. The van der Waals surface area contributed by atoms with Crippen molar-refractivity contribution < 1.29 is 14.4 Å². The molecule has 5 nitrogen and oxygen atoms in total. The fourth-order valence-corrected chi connectivity index (χ4v) is 2.08. The highest BCUT2D eigenvalue weighted by molar-refractivity contribution is 6.31. The molecule has 0 aliphatic carbocycles. The summed E-state index contributed by atoms with van der Waals surface area (Å²) in [4.78, 5) is 16.1. The Bertz CT molecular complexity index is 744. The number of oxime groups is 1. The highest BCUT2D eigenvalue weighted by Crippen LogP contribution is 2.20. The highest BCUT2D eigenvalue weighted by atomic mass is 35.5. The van der Waals surface area contributed by atoms with Crippen molar-refractivity contribution in [3.63, 3.8) is 0 Å². The fraction of sp³-hybridized carbons (Fsp3) is 0.176. The second-order valence-corrected chi connectivity index (χ2v) is 5.41. The lowest BCUT2D eigenvalue weighted by Crippen LogP contribution is -2.13. The van der Waals surface area contributed by atoms with Crippen molar-refractivity contribution in [2.24, 2.45) is 10.9 Å². The molecule has 0 bridgehead atoms. The molecule has 0 saturated heterocycles. The first-order valence-corrected chi connectivity index (χ1v) is 7.33. The number of halogens is 1. The van der Waals surface area contributed by atoms with E-state index < -0.39 is 6.09 Å². The van der Waals surface area contributed by atoms with Gasteiger partial charge in [-0.1, -0.05) is 35.0 Å². The first-order valence-electron chi connectivity index (χ1n) is 6.95. The number of hydrogen-bond acceptors (Lipinski definition) is 4.